The van der Waals surface area contributed by atoms with E-state index >= 15 is 0 Å². The van der Waals surface area contributed by atoms with Gasteiger partial charge in [-0.3, -0.25) is 14.9 Å². The molecule has 0 aromatic heterocycles. The van der Waals surface area contributed by atoms with Gasteiger partial charge in [0.05, 0.1) is 17.7 Å². The van der Waals surface area contributed by atoms with Crippen LogP contribution in [0.5, 0.6) is 5.75 Å². The predicted molar refractivity (Wildman–Crippen MR) is 98.1 cm³/mol. The Balaban J connectivity index is 2.34. The van der Waals surface area contributed by atoms with Crippen molar-refractivity contribution in [1.82, 2.24) is 0 Å². The second-order valence-corrected chi connectivity index (χ2v) is 5.71. The van der Waals surface area contributed by atoms with Gasteiger partial charge >= 0.3 is 0 Å². The molecule has 2 aromatic carbocycles. The molecule has 132 valence electrons. The lowest BCUT2D eigenvalue weighted by Gasteiger charge is -2.10. The third-order valence-electron chi connectivity index (χ3n) is 3.52. The third-order valence-corrected chi connectivity index (χ3v) is 3.75. The van der Waals surface area contributed by atoms with Crippen molar-refractivity contribution in [2.24, 2.45) is 0 Å². The highest BCUT2D eigenvalue weighted by atomic mass is 35.5. The summed E-state index contributed by atoms with van der Waals surface area (Å²) in [4.78, 5) is 22.9. The van der Waals surface area contributed by atoms with Crippen LogP contribution in [0.2, 0.25) is 5.02 Å². The fourth-order valence-electron chi connectivity index (χ4n) is 2.20. The number of ether oxygens (including phenoxy) is 1. The number of anilines is 1. The molecule has 26 heavy (non-hydrogen) atoms. The minimum absolute atomic E-state index is 0.0899. The van der Waals surface area contributed by atoms with E-state index in [4.69, 9.17) is 16.3 Å². The predicted octanol–water partition coefficient (Wildman–Crippen LogP) is 4.11. The molecule has 2 rings (SSSR count). The lowest BCUT2D eigenvalue weighted by molar-refractivity contribution is -0.385. The lowest BCUT2D eigenvalue weighted by Crippen LogP contribution is -2.14. The molecule has 0 saturated carbocycles. The molecule has 0 aliphatic heterocycles. The molecular weight excluding hydrogens is 358 g/mol. The number of methoxy groups -OCH3 is 1. The number of halogens is 1. The Bertz CT molecular complexity index is 948. The number of aryl methyl sites for hydroxylation is 1. The normalized spacial score (nSPS) is 10.8. The van der Waals surface area contributed by atoms with Crippen molar-refractivity contribution >= 4 is 35.0 Å². The van der Waals surface area contributed by atoms with Gasteiger partial charge in [0.1, 0.15) is 17.4 Å². The smallest absolute Gasteiger partial charge is 0.272 e. The molecule has 0 fully saturated rings. The molecule has 0 atom stereocenters. The van der Waals surface area contributed by atoms with E-state index in [1.54, 1.807) is 37.3 Å². The van der Waals surface area contributed by atoms with Crippen molar-refractivity contribution in [2.75, 3.05) is 12.4 Å². The molecule has 1 N–H and O–H groups in total. The molecule has 0 radical (unpaired) electrons. The van der Waals surface area contributed by atoms with E-state index in [-0.39, 0.29) is 11.3 Å². The van der Waals surface area contributed by atoms with Gasteiger partial charge in [-0.05, 0) is 36.8 Å². The largest absolute Gasteiger partial charge is 0.495 e. The second kappa shape index (κ2) is 8.14. The van der Waals surface area contributed by atoms with E-state index in [2.05, 4.69) is 5.32 Å². The van der Waals surface area contributed by atoms with Gasteiger partial charge in [-0.2, -0.15) is 5.26 Å². The molecule has 0 spiro atoms. The number of nitrogens with one attached hydrogen (secondary N) is 1. The van der Waals surface area contributed by atoms with Gasteiger partial charge in [-0.15, -0.1) is 0 Å². The number of nitrogens with zero attached hydrogens (tertiary/aromatic N) is 2. The quantitative estimate of drug-likeness (QED) is 0.368. The van der Waals surface area contributed by atoms with Crippen molar-refractivity contribution in [3.8, 4) is 11.8 Å². The summed E-state index contributed by atoms with van der Waals surface area (Å²) in [5.41, 5.74) is 0.852. The Morgan fingerprint density at radius 3 is 2.69 bits per heavy atom. The highest BCUT2D eigenvalue weighted by Crippen LogP contribution is 2.28. The summed E-state index contributed by atoms with van der Waals surface area (Å²) in [5.74, 6) is -0.303. The summed E-state index contributed by atoms with van der Waals surface area (Å²) in [6, 6.07) is 10.9. The number of hydrogen-bond donors (Lipinski definition) is 1. The first kappa shape index (κ1) is 19.0. The Morgan fingerprint density at radius 1 is 1.35 bits per heavy atom. The van der Waals surface area contributed by atoms with Crippen molar-refractivity contribution < 1.29 is 14.5 Å². The summed E-state index contributed by atoms with van der Waals surface area (Å²) >= 11 is 5.91. The molecule has 7 nitrogen and oxygen atoms in total. The van der Waals surface area contributed by atoms with Crippen molar-refractivity contribution in [2.45, 2.75) is 6.92 Å². The summed E-state index contributed by atoms with van der Waals surface area (Å²) in [5, 5.41) is 23.2. The Hall–Kier alpha value is -3.37. The minimum Gasteiger partial charge on any atom is -0.495 e. The zero-order valence-electron chi connectivity index (χ0n) is 13.9. The van der Waals surface area contributed by atoms with E-state index < -0.39 is 10.8 Å². The van der Waals surface area contributed by atoms with E-state index in [9.17, 15) is 20.2 Å². The maximum atomic E-state index is 12.4. The van der Waals surface area contributed by atoms with E-state index in [1.807, 2.05) is 0 Å². The van der Waals surface area contributed by atoms with Crippen LogP contribution in [0.4, 0.5) is 11.4 Å². The van der Waals surface area contributed by atoms with Gasteiger partial charge in [-0.1, -0.05) is 23.7 Å². The maximum absolute atomic E-state index is 12.4. The fraction of sp³-hybridized carbons (Fsp3) is 0.111. The van der Waals surface area contributed by atoms with Crippen LogP contribution in [0.1, 0.15) is 11.1 Å². The number of nitro benzene ring substituents is 1. The number of benzene rings is 2. The van der Waals surface area contributed by atoms with E-state index in [0.717, 1.165) is 0 Å². The standard InChI is InChI=1S/C18H14ClN3O4/c1-11-3-4-12(8-16(11)22(24)25)7-13(10-20)18(23)21-15-9-14(19)5-6-17(15)26-2/h3-9H,1-2H3,(H,21,23)/b13-7+. The highest BCUT2D eigenvalue weighted by molar-refractivity contribution is 6.31. The average molecular weight is 372 g/mol. The first-order valence-corrected chi connectivity index (χ1v) is 7.75. The van der Waals surface area contributed by atoms with Gasteiger partial charge in [-0.25, -0.2) is 0 Å². The number of hydrogen-bond acceptors (Lipinski definition) is 5. The van der Waals surface area contributed by atoms with Gasteiger partial charge in [0.2, 0.25) is 0 Å². The monoisotopic (exact) mass is 371 g/mol. The van der Waals surface area contributed by atoms with Gasteiger partial charge in [0, 0.05) is 16.7 Å². The zero-order valence-corrected chi connectivity index (χ0v) is 14.7. The molecule has 8 heteroatoms. The Kier molecular flexibility index (Phi) is 5.94. The second-order valence-electron chi connectivity index (χ2n) is 5.27. The molecule has 0 bridgehead atoms. The van der Waals surface area contributed by atoms with E-state index in [1.165, 1.54) is 25.3 Å². The van der Waals surface area contributed by atoms with Crippen molar-refractivity contribution in [3.63, 3.8) is 0 Å². The van der Waals surface area contributed by atoms with Crippen LogP contribution < -0.4 is 10.1 Å². The van der Waals surface area contributed by atoms with Crippen LogP contribution in [0.3, 0.4) is 0 Å². The number of rotatable bonds is 5. The van der Waals surface area contributed by atoms with Crippen LogP contribution >= 0.6 is 11.6 Å². The van der Waals surface area contributed by atoms with Crippen LogP contribution in [0, 0.1) is 28.4 Å². The first-order chi connectivity index (χ1) is 12.3. The Labute approximate surface area is 154 Å². The number of carbonyl (C=O) groups excluding carboxylic acids is 1. The zero-order chi connectivity index (χ0) is 19.3. The average Bonchev–Trinajstić information content (AvgIpc) is 2.60. The summed E-state index contributed by atoms with van der Waals surface area (Å²) < 4.78 is 5.14. The first-order valence-electron chi connectivity index (χ1n) is 7.37. The maximum Gasteiger partial charge on any atom is 0.272 e. The van der Waals surface area contributed by atoms with Crippen molar-refractivity contribution in [3.05, 3.63) is 68.2 Å². The third kappa shape index (κ3) is 4.37. The summed E-state index contributed by atoms with van der Waals surface area (Å²) in [7, 11) is 1.44. The summed E-state index contributed by atoms with van der Waals surface area (Å²) in [6.45, 7) is 1.61. The number of nitro groups is 1. The molecule has 0 unspecified atom stereocenters. The molecule has 0 heterocycles. The van der Waals surface area contributed by atoms with Crippen LogP contribution in [0.25, 0.3) is 6.08 Å². The number of amides is 1. The minimum atomic E-state index is -0.684. The highest BCUT2D eigenvalue weighted by Gasteiger charge is 2.15. The van der Waals surface area contributed by atoms with E-state index in [0.29, 0.717) is 27.6 Å². The molecular formula is C18H14ClN3O4. The molecule has 2 aromatic rings. The number of carbonyl (C=O) groups is 1. The molecule has 0 aliphatic carbocycles. The van der Waals surface area contributed by atoms with Gasteiger partial charge < -0.3 is 10.1 Å². The fourth-order valence-corrected chi connectivity index (χ4v) is 2.37. The van der Waals surface area contributed by atoms with Crippen LogP contribution in [0.15, 0.2) is 42.0 Å². The van der Waals surface area contributed by atoms with Gasteiger partial charge in [0.15, 0.2) is 0 Å². The van der Waals surface area contributed by atoms with Crippen LogP contribution in [-0.4, -0.2) is 17.9 Å². The lowest BCUT2D eigenvalue weighted by atomic mass is 10.1. The molecule has 1 amide bonds. The van der Waals surface area contributed by atoms with Gasteiger partial charge in [0.25, 0.3) is 11.6 Å². The Morgan fingerprint density at radius 2 is 2.08 bits per heavy atom. The molecule has 0 saturated heterocycles. The SMILES string of the molecule is COc1ccc(Cl)cc1NC(=O)/C(C#N)=C/c1ccc(C)c([N+](=O)[O-])c1. The summed E-state index contributed by atoms with van der Waals surface area (Å²) in [6.07, 6.45) is 1.28. The number of nitriles is 1. The molecule has 0 aliphatic rings. The topological polar surface area (TPSA) is 105 Å². The van der Waals surface area contributed by atoms with Crippen LogP contribution in [-0.2, 0) is 4.79 Å². The van der Waals surface area contributed by atoms with Crippen molar-refractivity contribution in [1.29, 1.82) is 5.26 Å².